The Morgan fingerprint density at radius 1 is 1.04 bits per heavy atom. The van der Waals surface area contributed by atoms with E-state index in [0.717, 1.165) is 18.4 Å². The Labute approximate surface area is 144 Å². The molecule has 1 saturated heterocycles. The molecule has 0 spiro atoms. The van der Waals surface area contributed by atoms with Crippen LogP contribution in [0.2, 0.25) is 0 Å². The van der Waals surface area contributed by atoms with Crippen molar-refractivity contribution in [1.29, 1.82) is 0 Å². The Bertz CT molecular complexity index is 566. The zero-order valence-corrected chi connectivity index (χ0v) is 15.1. The Hall–Kier alpha value is -1.88. The minimum atomic E-state index is -0.555. The Morgan fingerprint density at radius 2 is 1.62 bits per heavy atom. The lowest BCUT2D eigenvalue weighted by molar-refractivity contribution is -0.140. The first-order valence-electron chi connectivity index (χ1n) is 8.59. The highest BCUT2D eigenvalue weighted by Gasteiger charge is 2.38. The third-order valence-corrected chi connectivity index (χ3v) is 4.27. The molecule has 1 aliphatic heterocycles. The maximum atomic E-state index is 12.1. The van der Waals surface area contributed by atoms with Crippen LogP contribution in [-0.2, 0) is 16.0 Å². The Balaban J connectivity index is 1.80. The Kier molecular flexibility index (Phi) is 5.65. The molecule has 2 rings (SSSR count). The van der Waals surface area contributed by atoms with E-state index >= 15 is 0 Å². The van der Waals surface area contributed by atoms with Crippen molar-refractivity contribution in [2.24, 2.45) is 0 Å². The number of hydrogen-bond acceptors (Lipinski definition) is 3. The minimum absolute atomic E-state index is 0.00335. The van der Waals surface area contributed by atoms with Crippen LogP contribution in [0, 0.1) is 0 Å². The number of rotatable bonds is 4. The highest BCUT2D eigenvalue weighted by atomic mass is 16.2. The van der Waals surface area contributed by atoms with Crippen LogP contribution in [-0.4, -0.2) is 35.5 Å². The van der Waals surface area contributed by atoms with Gasteiger partial charge in [-0.1, -0.05) is 30.3 Å². The molecule has 1 heterocycles. The van der Waals surface area contributed by atoms with Crippen LogP contribution in [0.25, 0.3) is 0 Å². The van der Waals surface area contributed by atoms with Crippen LogP contribution < -0.4 is 16.0 Å². The molecule has 132 valence electrons. The van der Waals surface area contributed by atoms with Crippen molar-refractivity contribution in [1.82, 2.24) is 16.0 Å². The van der Waals surface area contributed by atoms with Gasteiger partial charge in [-0.25, -0.2) is 0 Å². The number of nitrogens with one attached hydrogen (secondary N) is 3. The number of piperidine rings is 1. The molecule has 0 unspecified atom stereocenters. The third kappa shape index (κ3) is 5.64. The normalized spacial score (nSPS) is 19.5. The van der Waals surface area contributed by atoms with E-state index in [1.165, 1.54) is 0 Å². The number of hydrogen-bond donors (Lipinski definition) is 3. The molecule has 3 N–H and O–H groups in total. The maximum absolute atomic E-state index is 12.1. The standard InChI is InChI=1S/C19H29N3O2/c1-18(2)12-15(13-19(3,4)22-18)21-17(24)16(23)20-11-10-14-8-6-5-7-9-14/h5-9,15,22H,10-13H2,1-4H3,(H,20,23)(H,21,24). The van der Waals surface area contributed by atoms with Crippen molar-refractivity contribution in [3.63, 3.8) is 0 Å². The monoisotopic (exact) mass is 331 g/mol. The molecule has 1 aliphatic rings. The molecular formula is C19H29N3O2. The van der Waals surface area contributed by atoms with Gasteiger partial charge in [-0.15, -0.1) is 0 Å². The summed E-state index contributed by atoms with van der Waals surface area (Å²) in [6, 6.07) is 9.90. The van der Waals surface area contributed by atoms with E-state index in [1.807, 2.05) is 30.3 Å². The molecule has 0 radical (unpaired) electrons. The number of benzene rings is 1. The zero-order valence-electron chi connectivity index (χ0n) is 15.1. The summed E-state index contributed by atoms with van der Waals surface area (Å²) >= 11 is 0. The van der Waals surface area contributed by atoms with Crippen molar-refractivity contribution < 1.29 is 9.59 Å². The molecule has 1 aromatic carbocycles. The second-order valence-corrected chi connectivity index (χ2v) is 7.96. The quantitative estimate of drug-likeness (QED) is 0.737. The van der Waals surface area contributed by atoms with Gasteiger partial charge in [0.15, 0.2) is 0 Å². The number of carbonyl (C=O) groups excluding carboxylic acids is 2. The van der Waals surface area contributed by atoms with Crippen molar-refractivity contribution in [2.45, 2.75) is 64.1 Å². The average molecular weight is 331 g/mol. The predicted molar refractivity (Wildman–Crippen MR) is 95.6 cm³/mol. The minimum Gasteiger partial charge on any atom is -0.348 e. The number of amides is 2. The molecule has 2 amide bonds. The van der Waals surface area contributed by atoms with E-state index in [0.29, 0.717) is 13.0 Å². The van der Waals surface area contributed by atoms with Crippen LogP contribution in [0.1, 0.15) is 46.1 Å². The fourth-order valence-electron chi connectivity index (χ4n) is 3.72. The maximum Gasteiger partial charge on any atom is 0.309 e. The predicted octanol–water partition coefficient (Wildman–Crippen LogP) is 1.77. The van der Waals surface area contributed by atoms with E-state index in [4.69, 9.17) is 0 Å². The molecule has 0 atom stereocenters. The largest absolute Gasteiger partial charge is 0.348 e. The molecule has 1 aromatic rings. The molecule has 24 heavy (non-hydrogen) atoms. The first-order valence-corrected chi connectivity index (χ1v) is 8.59. The van der Waals surface area contributed by atoms with Gasteiger partial charge in [-0.05, 0) is 52.5 Å². The molecule has 0 aliphatic carbocycles. The van der Waals surface area contributed by atoms with Gasteiger partial charge in [0, 0.05) is 23.7 Å². The molecular weight excluding hydrogens is 302 g/mol. The van der Waals surface area contributed by atoms with Crippen LogP contribution in [0.3, 0.4) is 0 Å². The van der Waals surface area contributed by atoms with Crippen LogP contribution in [0.4, 0.5) is 0 Å². The second kappa shape index (κ2) is 7.34. The molecule has 1 fully saturated rings. The van der Waals surface area contributed by atoms with Gasteiger partial charge in [-0.3, -0.25) is 9.59 Å². The summed E-state index contributed by atoms with van der Waals surface area (Å²) < 4.78 is 0. The van der Waals surface area contributed by atoms with Crippen LogP contribution in [0.5, 0.6) is 0 Å². The van der Waals surface area contributed by atoms with Crippen LogP contribution in [0.15, 0.2) is 30.3 Å². The smallest absolute Gasteiger partial charge is 0.309 e. The lowest BCUT2D eigenvalue weighted by Crippen LogP contribution is -2.62. The lowest BCUT2D eigenvalue weighted by Gasteiger charge is -2.46. The first-order chi connectivity index (χ1) is 11.2. The van der Waals surface area contributed by atoms with Gasteiger partial charge in [0.1, 0.15) is 0 Å². The SMILES string of the molecule is CC1(C)CC(NC(=O)C(=O)NCCc2ccccc2)CC(C)(C)N1. The lowest BCUT2D eigenvalue weighted by atomic mass is 9.79. The van der Waals surface area contributed by atoms with E-state index < -0.39 is 11.8 Å². The van der Waals surface area contributed by atoms with Gasteiger partial charge >= 0.3 is 11.8 Å². The number of carbonyl (C=O) groups is 2. The summed E-state index contributed by atoms with van der Waals surface area (Å²) in [7, 11) is 0. The first kappa shape index (κ1) is 18.5. The second-order valence-electron chi connectivity index (χ2n) is 7.96. The van der Waals surface area contributed by atoms with Gasteiger partial charge in [-0.2, -0.15) is 0 Å². The van der Waals surface area contributed by atoms with E-state index in [2.05, 4.69) is 43.6 Å². The molecule has 5 nitrogen and oxygen atoms in total. The summed E-state index contributed by atoms with van der Waals surface area (Å²) in [6.07, 6.45) is 2.33. The van der Waals surface area contributed by atoms with Gasteiger partial charge < -0.3 is 16.0 Å². The van der Waals surface area contributed by atoms with E-state index in [9.17, 15) is 9.59 Å². The fourth-order valence-corrected chi connectivity index (χ4v) is 3.72. The van der Waals surface area contributed by atoms with Gasteiger partial charge in [0.2, 0.25) is 0 Å². The zero-order chi connectivity index (χ0) is 17.8. The summed E-state index contributed by atoms with van der Waals surface area (Å²) in [4.78, 5) is 24.1. The molecule has 0 saturated carbocycles. The van der Waals surface area contributed by atoms with Crippen molar-refractivity contribution in [3.05, 3.63) is 35.9 Å². The summed E-state index contributed by atoms with van der Waals surface area (Å²) in [5.74, 6) is -1.10. The Morgan fingerprint density at radius 3 is 2.21 bits per heavy atom. The molecule has 0 aromatic heterocycles. The van der Waals surface area contributed by atoms with E-state index in [-0.39, 0.29) is 17.1 Å². The summed E-state index contributed by atoms with van der Waals surface area (Å²) in [5, 5.41) is 9.15. The van der Waals surface area contributed by atoms with Crippen molar-refractivity contribution in [2.75, 3.05) is 6.54 Å². The summed E-state index contributed by atoms with van der Waals surface area (Å²) in [5.41, 5.74) is 1.01. The highest BCUT2D eigenvalue weighted by Crippen LogP contribution is 2.28. The highest BCUT2D eigenvalue weighted by molar-refractivity contribution is 6.35. The fraction of sp³-hybridized carbons (Fsp3) is 0.579. The van der Waals surface area contributed by atoms with Crippen molar-refractivity contribution >= 4 is 11.8 Å². The van der Waals surface area contributed by atoms with Gasteiger partial charge in [0.25, 0.3) is 0 Å². The van der Waals surface area contributed by atoms with Gasteiger partial charge in [0.05, 0.1) is 0 Å². The van der Waals surface area contributed by atoms with Crippen molar-refractivity contribution in [3.8, 4) is 0 Å². The summed E-state index contributed by atoms with van der Waals surface area (Å²) in [6.45, 7) is 8.93. The molecule has 5 heteroatoms. The van der Waals surface area contributed by atoms with Crippen LogP contribution >= 0.6 is 0 Å². The average Bonchev–Trinajstić information content (AvgIpc) is 2.44. The van der Waals surface area contributed by atoms with E-state index in [1.54, 1.807) is 0 Å². The third-order valence-electron chi connectivity index (χ3n) is 4.27. The molecule has 0 bridgehead atoms. The topological polar surface area (TPSA) is 70.2 Å².